The number of piperazine rings is 1. The predicted octanol–water partition coefficient (Wildman–Crippen LogP) is 3.11. The SMILES string of the molecule is CC1CN(C(=O)O)CCN1C(=O)c1ccc2c(Cl)cc(-c3ccnn3C)nc2c1. The number of hydrogen-bond donors (Lipinski definition) is 1. The molecule has 1 unspecified atom stereocenters. The van der Waals surface area contributed by atoms with Gasteiger partial charge in [0.25, 0.3) is 5.91 Å². The number of hydrogen-bond acceptors (Lipinski definition) is 4. The zero-order valence-corrected chi connectivity index (χ0v) is 16.8. The van der Waals surface area contributed by atoms with E-state index in [-0.39, 0.29) is 11.9 Å². The van der Waals surface area contributed by atoms with E-state index in [9.17, 15) is 9.59 Å². The van der Waals surface area contributed by atoms with Gasteiger partial charge < -0.3 is 14.9 Å². The maximum atomic E-state index is 13.1. The molecule has 2 aromatic heterocycles. The minimum atomic E-state index is -0.962. The number of aryl methyl sites for hydroxylation is 1. The first-order valence-electron chi connectivity index (χ1n) is 9.22. The molecule has 3 heterocycles. The molecule has 0 radical (unpaired) electrons. The summed E-state index contributed by atoms with van der Waals surface area (Å²) in [5.41, 5.74) is 2.62. The molecule has 1 aliphatic heterocycles. The van der Waals surface area contributed by atoms with Crippen molar-refractivity contribution in [3.05, 3.63) is 47.1 Å². The third-order valence-corrected chi connectivity index (χ3v) is 5.56. The Kier molecular flexibility index (Phi) is 4.87. The molecule has 1 N–H and O–H groups in total. The summed E-state index contributed by atoms with van der Waals surface area (Å²) in [7, 11) is 1.83. The van der Waals surface area contributed by atoms with E-state index in [0.717, 1.165) is 11.1 Å². The van der Waals surface area contributed by atoms with Crippen LogP contribution in [0.3, 0.4) is 0 Å². The van der Waals surface area contributed by atoms with Crippen LogP contribution in [0.15, 0.2) is 36.5 Å². The first kappa shape index (κ1) is 19.2. The van der Waals surface area contributed by atoms with Crippen molar-refractivity contribution in [2.24, 2.45) is 7.05 Å². The Morgan fingerprint density at radius 1 is 1.21 bits per heavy atom. The molecule has 2 amide bonds. The number of benzene rings is 1. The molecular formula is C20H20ClN5O3. The van der Waals surface area contributed by atoms with Gasteiger partial charge in [-0.2, -0.15) is 5.10 Å². The van der Waals surface area contributed by atoms with Crippen LogP contribution < -0.4 is 0 Å². The Morgan fingerprint density at radius 2 is 2.00 bits per heavy atom. The van der Waals surface area contributed by atoms with Crippen molar-refractivity contribution in [1.29, 1.82) is 0 Å². The van der Waals surface area contributed by atoms with Crippen molar-refractivity contribution >= 4 is 34.5 Å². The van der Waals surface area contributed by atoms with E-state index in [2.05, 4.69) is 10.1 Å². The monoisotopic (exact) mass is 413 g/mol. The molecule has 1 saturated heterocycles. The van der Waals surface area contributed by atoms with Crippen LogP contribution in [0.4, 0.5) is 4.79 Å². The molecule has 0 spiro atoms. The summed E-state index contributed by atoms with van der Waals surface area (Å²) in [6, 6.07) is 8.69. The fourth-order valence-electron chi connectivity index (χ4n) is 3.67. The lowest BCUT2D eigenvalue weighted by atomic mass is 10.1. The zero-order valence-electron chi connectivity index (χ0n) is 16.0. The number of pyridine rings is 1. The van der Waals surface area contributed by atoms with Crippen LogP contribution in [0.25, 0.3) is 22.3 Å². The Hall–Kier alpha value is -3.13. The van der Waals surface area contributed by atoms with Crippen LogP contribution in [0.1, 0.15) is 17.3 Å². The number of carbonyl (C=O) groups is 2. The summed E-state index contributed by atoms with van der Waals surface area (Å²) in [5.74, 6) is -0.145. The van der Waals surface area contributed by atoms with Gasteiger partial charge in [0.05, 0.1) is 21.9 Å². The summed E-state index contributed by atoms with van der Waals surface area (Å²) in [6.07, 6.45) is 0.726. The van der Waals surface area contributed by atoms with Crippen molar-refractivity contribution < 1.29 is 14.7 Å². The van der Waals surface area contributed by atoms with Crippen molar-refractivity contribution in [2.75, 3.05) is 19.6 Å². The topological polar surface area (TPSA) is 91.6 Å². The molecule has 1 fully saturated rings. The van der Waals surface area contributed by atoms with Gasteiger partial charge in [0, 0.05) is 49.9 Å². The summed E-state index contributed by atoms with van der Waals surface area (Å²) < 4.78 is 1.71. The highest BCUT2D eigenvalue weighted by Crippen LogP contribution is 2.29. The number of rotatable bonds is 2. The summed E-state index contributed by atoms with van der Waals surface area (Å²) in [4.78, 5) is 32.0. The van der Waals surface area contributed by atoms with Crippen LogP contribution in [-0.4, -0.2) is 67.3 Å². The molecule has 3 aromatic rings. The lowest BCUT2D eigenvalue weighted by Crippen LogP contribution is -2.55. The largest absolute Gasteiger partial charge is 0.465 e. The number of halogens is 1. The average molecular weight is 414 g/mol. The molecule has 0 saturated carbocycles. The number of nitrogens with zero attached hydrogens (tertiary/aromatic N) is 5. The number of fused-ring (bicyclic) bond motifs is 1. The molecule has 1 aliphatic rings. The van der Waals surface area contributed by atoms with E-state index >= 15 is 0 Å². The van der Waals surface area contributed by atoms with Crippen LogP contribution >= 0.6 is 11.6 Å². The Bertz CT molecular complexity index is 1110. The Morgan fingerprint density at radius 3 is 2.66 bits per heavy atom. The lowest BCUT2D eigenvalue weighted by Gasteiger charge is -2.38. The number of carbonyl (C=O) groups excluding carboxylic acids is 1. The number of aromatic nitrogens is 3. The van der Waals surface area contributed by atoms with E-state index in [1.807, 2.05) is 20.0 Å². The molecule has 8 nitrogen and oxygen atoms in total. The maximum absolute atomic E-state index is 13.1. The highest BCUT2D eigenvalue weighted by molar-refractivity contribution is 6.35. The number of carboxylic acid groups (broad SMARTS) is 1. The van der Waals surface area contributed by atoms with Gasteiger partial charge in [-0.1, -0.05) is 17.7 Å². The third-order valence-electron chi connectivity index (χ3n) is 5.25. The molecule has 9 heteroatoms. The lowest BCUT2D eigenvalue weighted by molar-refractivity contribution is 0.0484. The first-order valence-corrected chi connectivity index (χ1v) is 9.60. The van der Waals surface area contributed by atoms with Crippen molar-refractivity contribution in [3.8, 4) is 11.4 Å². The van der Waals surface area contributed by atoms with Gasteiger partial charge in [-0.3, -0.25) is 9.48 Å². The van der Waals surface area contributed by atoms with Crippen molar-refractivity contribution in [3.63, 3.8) is 0 Å². The van der Waals surface area contributed by atoms with Crippen LogP contribution in [-0.2, 0) is 7.05 Å². The smallest absolute Gasteiger partial charge is 0.407 e. The number of amides is 2. The molecule has 0 aliphatic carbocycles. The molecule has 1 atom stereocenters. The van der Waals surface area contributed by atoms with E-state index < -0.39 is 6.09 Å². The van der Waals surface area contributed by atoms with Crippen molar-refractivity contribution in [1.82, 2.24) is 24.6 Å². The summed E-state index contributed by atoms with van der Waals surface area (Å²) in [5, 5.41) is 14.6. The summed E-state index contributed by atoms with van der Waals surface area (Å²) in [6.45, 7) is 2.80. The Labute approximate surface area is 172 Å². The third kappa shape index (κ3) is 3.51. The van der Waals surface area contributed by atoms with Gasteiger partial charge in [0.15, 0.2) is 0 Å². The van der Waals surface area contributed by atoms with Gasteiger partial charge in [0.1, 0.15) is 0 Å². The average Bonchev–Trinajstić information content (AvgIpc) is 3.12. The second-order valence-corrected chi connectivity index (χ2v) is 7.54. The van der Waals surface area contributed by atoms with E-state index in [1.165, 1.54) is 4.90 Å². The maximum Gasteiger partial charge on any atom is 0.407 e. The van der Waals surface area contributed by atoms with E-state index in [4.69, 9.17) is 16.7 Å². The zero-order chi connectivity index (χ0) is 20.7. The molecule has 150 valence electrons. The highest BCUT2D eigenvalue weighted by atomic mass is 35.5. The quantitative estimate of drug-likeness (QED) is 0.697. The highest BCUT2D eigenvalue weighted by Gasteiger charge is 2.30. The minimum Gasteiger partial charge on any atom is -0.465 e. The second-order valence-electron chi connectivity index (χ2n) is 7.14. The molecular weight excluding hydrogens is 394 g/mol. The second kappa shape index (κ2) is 7.36. The van der Waals surface area contributed by atoms with Gasteiger partial charge >= 0.3 is 6.09 Å². The van der Waals surface area contributed by atoms with Crippen LogP contribution in [0.2, 0.25) is 5.02 Å². The molecule has 29 heavy (non-hydrogen) atoms. The predicted molar refractivity (Wildman–Crippen MR) is 109 cm³/mol. The standard InChI is InChI=1S/C20H20ClN5O3/c1-12-11-25(20(28)29)7-8-26(12)19(27)13-3-4-14-15(21)10-17(23-16(14)9-13)18-5-6-22-24(18)2/h3-6,9-10,12H,7-8,11H2,1-2H3,(H,28,29). The molecule has 1 aromatic carbocycles. The van der Waals surface area contributed by atoms with Gasteiger partial charge in [-0.05, 0) is 31.2 Å². The normalized spacial score (nSPS) is 17.0. The fourth-order valence-corrected chi connectivity index (χ4v) is 3.94. The molecule has 4 rings (SSSR count). The van der Waals surface area contributed by atoms with E-state index in [0.29, 0.717) is 41.4 Å². The van der Waals surface area contributed by atoms with Crippen LogP contribution in [0.5, 0.6) is 0 Å². The minimum absolute atomic E-state index is 0.145. The summed E-state index contributed by atoms with van der Waals surface area (Å²) >= 11 is 6.45. The fraction of sp³-hybridized carbons (Fsp3) is 0.300. The van der Waals surface area contributed by atoms with Crippen LogP contribution in [0, 0.1) is 0 Å². The van der Waals surface area contributed by atoms with Gasteiger partial charge in [-0.25, -0.2) is 9.78 Å². The van der Waals surface area contributed by atoms with Gasteiger partial charge in [0.2, 0.25) is 0 Å². The Balaban J connectivity index is 1.67. The van der Waals surface area contributed by atoms with E-state index in [1.54, 1.807) is 40.0 Å². The first-order chi connectivity index (χ1) is 13.8. The van der Waals surface area contributed by atoms with Gasteiger partial charge in [-0.15, -0.1) is 0 Å². The molecule has 0 bridgehead atoms. The van der Waals surface area contributed by atoms with Crippen molar-refractivity contribution in [2.45, 2.75) is 13.0 Å².